The first-order chi connectivity index (χ1) is 18.1. The van der Waals surface area contributed by atoms with Gasteiger partial charge in [-0.1, -0.05) is 35.9 Å². The second kappa shape index (κ2) is 10.1. The van der Waals surface area contributed by atoms with Crippen LogP contribution >= 0.6 is 11.6 Å². The van der Waals surface area contributed by atoms with Crippen LogP contribution in [0.1, 0.15) is 43.9 Å². The molecular formula is C29H35ClN6O2. The van der Waals surface area contributed by atoms with Crippen molar-refractivity contribution in [2.24, 2.45) is 23.2 Å². The Morgan fingerprint density at radius 1 is 1.11 bits per heavy atom. The van der Waals surface area contributed by atoms with E-state index in [0.717, 1.165) is 45.9 Å². The van der Waals surface area contributed by atoms with Crippen LogP contribution < -0.4 is 17.3 Å². The van der Waals surface area contributed by atoms with Crippen molar-refractivity contribution in [1.29, 1.82) is 0 Å². The van der Waals surface area contributed by atoms with Gasteiger partial charge in [0.2, 0.25) is 0 Å². The number of aromatic nitrogens is 2. The van der Waals surface area contributed by atoms with Crippen molar-refractivity contribution in [3.63, 3.8) is 0 Å². The molecule has 1 saturated heterocycles. The average Bonchev–Trinajstić information content (AvgIpc) is 3.19. The van der Waals surface area contributed by atoms with Crippen LogP contribution in [-0.2, 0) is 10.3 Å². The van der Waals surface area contributed by atoms with Gasteiger partial charge in [0, 0.05) is 37.4 Å². The van der Waals surface area contributed by atoms with Gasteiger partial charge in [0.15, 0.2) is 0 Å². The summed E-state index contributed by atoms with van der Waals surface area (Å²) in [6, 6.07) is 7.78. The Kier molecular flexibility index (Phi) is 7.00. The first-order valence-corrected chi connectivity index (χ1v) is 13.2. The molecule has 1 fully saturated rings. The molecule has 1 unspecified atom stereocenters. The highest BCUT2D eigenvalue weighted by molar-refractivity contribution is 6.31. The van der Waals surface area contributed by atoms with Crippen molar-refractivity contribution in [2.45, 2.75) is 38.3 Å². The van der Waals surface area contributed by atoms with Crippen LogP contribution in [0.4, 0.5) is 0 Å². The summed E-state index contributed by atoms with van der Waals surface area (Å²) in [5.74, 6) is 6.43. The third-order valence-corrected chi connectivity index (χ3v) is 7.80. The zero-order valence-corrected chi connectivity index (χ0v) is 22.7. The fourth-order valence-electron chi connectivity index (χ4n) is 5.54. The largest absolute Gasteiger partial charge is 0.399 e. The number of hydrogen-bond acceptors (Lipinski definition) is 7. The van der Waals surface area contributed by atoms with Gasteiger partial charge < -0.3 is 30.9 Å². The topological polar surface area (TPSA) is 129 Å². The van der Waals surface area contributed by atoms with Gasteiger partial charge in [-0.05, 0) is 62.5 Å². The monoisotopic (exact) mass is 534 g/mol. The van der Waals surface area contributed by atoms with E-state index in [2.05, 4.69) is 10.6 Å². The van der Waals surface area contributed by atoms with Crippen molar-refractivity contribution < 1.29 is 9.84 Å². The molecule has 9 heteroatoms. The minimum absolute atomic E-state index is 0.178. The van der Waals surface area contributed by atoms with E-state index in [0.29, 0.717) is 35.3 Å². The smallest absolute Gasteiger partial charge is 0.0960 e. The molecule has 200 valence electrons. The second-order valence-electron chi connectivity index (χ2n) is 10.6. The molecule has 38 heavy (non-hydrogen) atoms. The summed E-state index contributed by atoms with van der Waals surface area (Å²) >= 11 is 6.84. The molecule has 2 aliphatic rings. The number of allylic oxidation sites excluding steroid dienone is 6. The standard InChI is InChI=1S/C29H35ClN6O2/c1-29(2,37)19-8-9-20-23(15-19)36-24-14-18(16-34-26(20)24)27(35(3)33)22(31)7-5-4-6-21(30)25(32)28(36)17-10-12-38-13-11-17/h4-9,14-17,28,37H,10-13,31-33H2,1-3H3/b6-4-,7-5-,25-21+,27-22-. The number of halogens is 1. The van der Waals surface area contributed by atoms with Crippen molar-refractivity contribution in [2.75, 3.05) is 20.3 Å². The Hall–Kier alpha value is -3.30. The van der Waals surface area contributed by atoms with E-state index < -0.39 is 5.60 Å². The van der Waals surface area contributed by atoms with Crippen molar-refractivity contribution >= 4 is 39.2 Å². The lowest BCUT2D eigenvalue weighted by Gasteiger charge is -2.33. The number of rotatable bonds is 3. The van der Waals surface area contributed by atoms with Gasteiger partial charge in [0.05, 0.1) is 50.3 Å². The fraction of sp³-hybridized carbons (Fsp3) is 0.345. The number of benzene rings is 1. The van der Waals surface area contributed by atoms with Gasteiger partial charge in [0.25, 0.3) is 0 Å². The van der Waals surface area contributed by atoms with Crippen LogP contribution in [0.25, 0.3) is 27.6 Å². The maximum absolute atomic E-state index is 10.9. The van der Waals surface area contributed by atoms with Crippen molar-refractivity contribution in [1.82, 2.24) is 14.6 Å². The molecule has 1 atom stereocenters. The molecule has 2 bridgehead atoms. The molecule has 2 aromatic heterocycles. The maximum Gasteiger partial charge on any atom is 0.0960 e. The second-order valence-corrected chi connectivity index (χ2v) is 11.0. The molecule has 1 aromatic carbocycles. The summed E-state index contributed by atoms with van der Waals surface area (Å²) in [6.07, 6.45) is 10.7. The maximum atomic E-state index is 10.9. The Balaban J connectivity index is 1.94. The number of hydrazine groups is 1. The summed E-state index contributed by atoms with van der Waals surface area (Å²) in [5, 5.41) is 13.8. The number of fused-ring (bicyclic) bond motifs is 4. The number of hydrogen-bond donors (Lipinski definition) is 4. The molecule has 5 rings (SSSR count). The molecule has 7 N–H and O–H groups in total. The third-order valence-electron chi connectivity index (χ3n) is 7.46. The first-order valence-electron chi connectivity index (χ1n) is 12.8. The highest BCUT2D eigenvalue weighted by Gasteiger charge is 2.32. The van der Waals surface area contributed by atoms with Gasteiger partial charge in [-0.25, -0.2) is 5.84 Å². The minimum atomic E-state index is -1.03. The van der Waals surface area contributed by atoms with Gasteiger partial charge in [-0.15, -0.1) is 0 Å². The summed E-state index contributed by atoms with van der Waals surface area (Å²) < 4.78 is 7.93. The number of aliphatic hydroxyl groups is 1. The number of nitrogens with zero attached hydrogens (tertiary/aromatic N) is 3. The highest BCUT2D eigenvalue weighted by atomic mass is 35.5. The molecule has 2 aliphatic heterocycles. The van der Waals surface area contributed by atoms with Crippen LogP contribution in [0, 0.1) is 5.92 Å². The quantitative estimate of drug-likeness (QED) is 0.290. The Bertz CT molecular complexity index is 1500. The van der Waals surface area contributed by atoms with Gasteiger partial charge in [0.1, 0.15) is 0 Å². The van der Waals surface area contributed by atoms with Crippen LogP contribution in [-0.4, -0.2) is 39.9 Å². The molecule has 3 aromatic rings. The third kappa shape index (κ3) is 4.69. The van der Waals surface area contributed by atoms with E-state index >= 15 is 0 Å². The van der Waals surface area contributed by atoms with Crippen LogP contribution in [0.2, 0.25) is 0 Å². The first kappa shape index (κ1) is 26.3. The van der Waals surface area contributed by atoms with Crippen LogP contribution in [0.5, 0.6) is 0 Å². The fourth-order valence-corrected chi connectivity index (χ4v) is 5.72. The predicted octanol–water partition coefficient (Wildman–Crippen LogP) is 4.35. The van der Waals surface area contributed by atoms with E-state index in [1.165, 1.54) is 5.01 Å². The SMILES string of the molecule is CN(N)/C1=C(N)/C=C\C=C/C(Cl)=C(\N)C(C2CCOCC2)n2c3cc(C(C)(C)O)ccc3c3ncc1cc32. The van der Waals surface area contributed by atoms with Crippen molar-refractivity contribution in [3.8, 4) is 0 Å². The zero-order chi connectivity index (χ0) is 27.2. The number of pyridine rings is 1. The van der Waals surface area contributed by atoms with E-state index in [4.69, 9.17) is 38.6 Å². The highest BCUT2D eigenvalue weighted by Crippen LogP contribution is 2.42. The molecule has 0 radical (unpaired) electrons. The summed E-state index contributed by atoms with van der Waals surface area (Å²) in [7, 11) is 1.75. The van der Waals surface area contributed by atoms with E-state index in [-0.39, 0.29) is 12.0 Å². The lowest BCUT2D eigenvalue weighted by Crippen LogP contribution is -2.30. The van der Waals surface area contributed by atoms with E-state index in [1.807, 2.05) is 30.4 Å². The molecule has 4 heterocycles. The lowest BCUT2D eigenvalue weighted by molar-refractivity contribution is 0.0545. The molecule has 0 saturated carbocycles. The molecular weight excluding hydrogens is 500 g/mol. The Labute approximate surface area is 227 Å². The van der Waals surface area contributed by atoms with E-state index in [1.54, 1.807) is 39.2 Å². The average molecular weight is 535 g/mol. The summed E-state index contributed by atoms with van der Waals surface area (Å²) in [5.41, 5.74) is 18.2. The van der Waals surface area contributed by atoms with Gasteiger partial charge in [-0.2, -0.15) is 0 Å². The number of nitrogens with two attached hydrogens (primary N) is 3. The summed E-state index contributed by atoms with van der Waals surface area (Å²) in [6.45, 7) is 4.87. The van der Waals surface area contributed by atoms with Crippen LogP contribution in [0.15, 0.2) is 71.2 Å². The van der Waals surface area contributed by atoms with E-state index in [9.17, 15) is 5.11 Å². The lowest BCUT2D eigenvalue weighted by atomic mass is 9.88. The zero-order valence-electron chi connectivity index (χ0n) is 22.0. The Morgan fingerprint density at radius 3 is 2.50 bits per heavy atom. The van der Waals surface area contributed by atoms with Gasteiger partial charge in [-0.3, -0.25) is 4.98 Å². The molecule has 8 nitrogen and oxygen atoms in total. The van der Waals surface area contributed by atoms with Crippen LogP contribution in [0.3, 0.4) is 0 Å². The normalized spacial score (nSPS) is 25.3. The van der Waals surface area contributed by atoms with Crippen molar-refractivity contribution in [3.05, 3.63) is 82.3 Å². The minimum Gasteiger partial charge on any atom is -0.399 e. The number of ether oxygens (including phenoxy) is 1. The Morgan fingerprint density at radius 2 is 1.82 bits per heavy atom. The molecule has 0 aliphatic carbocycles. The van der Waals surface area contributed by atoms with Gasteiger partial charge >= 0.3 is 0 Å². The summed E-state index contributed by atoms with van der Waals surface area (Å²) in [4.78, 5) is 4.91. The molecule has 0 amide bonds. The predicted molar refractivity (Wildman–Crippen MR) is 153 cm³/mol. The molecule has 0 spiro atoms.